The standard InChI is InChI=1S/C10H13F2N3O/c1-16-8-4-2-7(3-5-8)15-10(13)14-6-9(11)12/h2-5,9H,6H2,1H3,(H3,13,14,15). The molecule has 0 spiro atoms. The van der Waals surface area contributed by atoms with Gasteiger partial charge in [-0.3, -0.25) is 0 Å². The van der Waals surface area contributed by atoms with Gasteiger partial charge in [0.15, 0.2) is 5.96 Å². The van der Waals surface area contributed by atoms with Crippen LogP contribution in [0, 0.1) is 0 Å². The first-order valence-corrected chi connectivity index (χ1v) is 4.61. The van der Waals surface area contributed by atoms with E-state index in [0.717, 1.165) is 0 Å². The van der Waals surface area contributed by atoms with E-state index in [1.54, 1.807) is 31.4 Å². The molecule has 0 saturated heterocycles. The number of benzene rings is 1. The average molecular weight is 229 g/mol. The van der Waals surface area contributed by atoms with Gasteiger partial charge in [-0.1, -0.05) is 0 Å². The van der Waals surface area contributed by atoms with Gasteiger partial charge in [-0.25, -0.2) is 13.8 Å². The molecule has 0 aliphatic carbocycles. The number of nitrogens with two attached hydrogens (primary N) is 1. The van der Waals surface area contributed by atoms with Crippen LogP contribution in [0.4, 0.5) is 14.5 Å². The zero-order chi connectivity index (χ0) is 12.0. The normalized spacial score (nSPS) is 11.6. The van der Waals surface area contributed by atoms with Crippen LogP contribution in [-0.2, 0) is 0 Å². The Morgan fingerprint density at radius 1 is 1.44 bits per heavy atom. The van der Waals surface area contributed by atoms with Crippen molar-refractivity contribution in [2.45, 2.75) is 6.43 Å². The van der Waals surface area contributed by atoms with E-state index >= 15 is 0 Å². The maximum atomic E-state index is 11.8. The summed E-state index contributed by atoms with van der Waals surface area (Å²) >= 11 is 0. The molecule has 3 N–H and O–H groups in total. The second-order valence-electron chi connectivity index (χ2n) is 2.97. The fourth-order valence-electron chi connectivity index (χ4n) is 1.03. The summed E-state index contributed by atoms with van der Waals surface area (Å²) in [5.41, 5.74) is 6.06. The molecule has 1 aromatic carbocycles. The lowest BCUT2D eigenvalue weighted by Crippen LogP contribution is -2.23. The molecule has 0 aliphatic rings. The first kappa shape index (κ1) is 12.2. The maximum absolute atomic E-state index is 11.8. The minimum absolute atomic E-state index is 0.0366. The number of nitrogens with zero attached hydrogens (tertiary/aromatic N) is 1. The van der Waals surface area contributed by atoms with E-state index in [4.69, 9.17) is 10.5 Å². The molecule has 4 nitrogen and oxygen atoms in total. The lowest BCUT2D eigenvalue weighted by molar-refractivity contribution is 0.158. The number of anilines is 1. The van der Waals surface area contributed by atoms with Crippen LogP contribution in [0.25, 0.3) is 0 Å². The van der Waals surface area contributed by atoms with Gasteiger partial charge in [-0.2, -0.15) is 0 Å². The summed E-state index contributed by atoms with van der Waals surface area (Å²) in [6, 6.07) is 6.87. The quantitative estimate of drug-likeness (QED) is 0.610. The Hall–Kier alpha value is -1.85. The highest BCUT2D eigenvalue weighted by Gasteiger charge is 2.01. The van der Waals surface area contributed by atoms with Crippen molar-refractivity contribution in [1.82, 2.24) is 0 Å². The number of alkyl halides is 2. The van der Waals surface area contributed by atoms with Crippen molar-refractivity contribution in [3.63, 3.8) is 0 Å². The highest BCUT2D eigenvalue weighted by Crippen LogP contribution is 2.14. The molecule has 0 atom stereocenters. The molecule has 0 amide bonds. The number of ether oxygens (including phenoxy) is 1. The Labute approximate surface area is 92.1 Å². The van der Waals surface area contributed by atoms with Gasteiger partial charge in [0.2, 0.25) is 0 Å². The van der Waals surface area contributed by atoms with Crippen LogP contribution in [-0.4, -0.2) is 26.0 Å². The van der Waals surface area contributed by atoms with Gasteiger partial charge < -0.3 is 15.8 Å². The monoisotopic (exact) mass is 229 g/mol. The summed E-state index contributed by atoms with van der Waals surface area (Å²) < 4.78 is 28.6. The summed E-state index contributed by atoms with van der Waals surface area (Å²) in [6.07, 6.45) is -2.49. The first-order valence-electron chi connectivity index (χ1n) is 4.61. The lowest BCUT2D eigenvalue weighted by Gasteiger charge is -2.06. The van der Waals surface area contributed by atoms with Crippen LogP contribution in [0.15, 0.2) is 29.3 Å². The highest BCUT2D eigenvalue weighted by molar-refractivity contribution is 5.92. The topological polar surface area (TPSA) is 59.6 Å². The molecule has 0 unspecified atom stereocenters. The zero-order valence-electron chi connectivity index (χ0n) is 8.78. The van der Waals surface area contributed by atoms with E-state index in [1.165, 1.54) is 0 Å². The third-order valence-corrected chi connectivity index (χ3v) is 1.76. The van der Waals surface area contributed by atoms with Crippen LogP contribution < -0.4 is 15.8 Å². The number of rotatable bonds is 4. The third kappa shape index (κ3) is 4.12. The molecular formula is C10H13F2N3O. The predicted octanol–water partition coefficient (Wildman–Crippen LogP) is 1.69. The summed E-state index contributed by atoms with van der Waals surface area (Å²) in [5, 5.41) is 2.69. The first-order chi connectivity index (χ1) is 7.61. The number of guanidine groups is 1. The van der Waals surface area contributed by atoms with E-state index in [9.17, 15) is 8.78 Å². The van der Waals surface area contributed by atoms with Crippen molar-refractivity contribution in [2.24, 2.45) is 10.7 Å². The third-order valence-electron chi connectivity index (χ3n) is 1.76. The molecule has 0 fully saturated rings. The van der Waals surface area contributed by atoms with Gasteiger partial charge in [-0.05, 0) is 24.3 Å². The Morgan fingerprint density at radius 2 is 2.06 bits per heavy atom. The molecule has 0 bridgehead atoms. The lowest BCUT2D eigenvalue weighted by atomic mass is 10.3. The molecule has 1 aromatic rings. The number of methoxy groups -OCH3 is 1. The van der Waals surface area contributed by atoms with E-state index in [1.807, 2.05) is 0 Å². The van der Waals surface area contributed by atoms with Gasteiger partial charge in [0.05, 0.1) is 7.11 Å². The van der Waals surface area contributed by atoms with Crippen molar-refractivity contribution >= 4 is 11.6 Å². The van der Waals surface area contributed by atoms with Crippen molar-refractivity contribution in [3.8, 4) is 5.75 Å². The van der Waals surface area contributed by atoms with E-state index in [2.05, 4.69) is 10.3 Å². The summed E-state index contributed by atoms with van der Waals surface area (Å²) in [7, 11) is 1.56. The van der Waals surface area contributed by atoms with Gasteiger partial charge in [-0.15, -0.1) is 0 Å². The number of halogens is 2. The van der Waals surface area contributed by atoms with Crippen LogP contribution in [0.3, 0.4) is 0 Å². The van der Waals surface area contributed by atoms with Gasteiger partial charge >= 0.3 is 0 Å². The van der Waals surface area contributed by atoms with Crippen molar-refractivity contribution < 1.29 is 13.5 Å². The van der Waals surface area contributed by atoms with E-state index in [0.29, 0.717) is 11.4 Å². The molecule has 6 heteroatoms. The Morgan fingerprint density at radius 3 is 2.56 bits per heavy atom. The van der Waals surface area contributed by atoms with Crippen LogP contribution >= 0.6 is 0 Å². The molecular weight excluding hydrogens is 216 g/mol. The number of aliphatic imine (C=N–C) groups is 1. The smallest absolute Gasteiger partial charge is 0.257 e. The van der Waals surface area contributed by atoms with E-state index in [-0.39, 0.29) is 5.96 Å². The maximum Gasteiger partial charge on any atom is 0.257 e. The van der Waals surface area contributed by atoms with Gasteiger partial charge in [0.1, 0.15) is 12.3 Å². The van der Waals surface area contributed by atoms with Crippen LogP contribution in [0.1, 0.15) is 0 Å². The van der Waals surface area contributed by atoms with Gasteiger partial charge in [0.25, 0.3) is 6.43 Å². The summed E-state index contributed by atoms with van der Waals surface area (Å²) in [5.74, 6) is 0.666. The molecule has 0 aliphatic heterocycles. The SMILES string of the molecule is COc1ccc(NC(N)=NCC(F)F)cc1. The second kappa shape index (κ2) is 5.89. The fourth-order valence-corrected chi connectivity index (χ4v) is 1.03. The number of hydrogen-bond acceptors (Lipinski definition) is 2. The average Bonchev–Trinajstić information content (AvgIpc) is 2.27. The number of hydrogen-bond donors (Lipinski definition) is 2. The van der Waals surface area contributed by atoms with E-state index < -0.39 is 13.0 Å². The minimum atomic E-state index is -2.49. The molecule has 0 heterocycles. The Bertz CT molecular complexity index is 352. The summed E-state index contributed by atoms with van der Waals surface area (Å²) in [4.78, 5) is 3.46. The highest BCUT2D eigenvalue weighted by atomic mass is 19.3. The second-order valence-corrected chi connectivity index (χ2v) is 2.97. The molecule has 16 heavy (non-hydrogen) atoms. The molecule has 1 rings (SSSR count). The molecule has 0 aromatic heterocycles. The van der Waals surface area contributed by atoms with Crippen molar-refractivity contribution in [2.75, 3.05) is 19.0 Å². The fraction of sp³-hybridized carbons (Fsp3) is 0.300. The van der Waals surface area contributed by atoms with Crippen molar-refractivity contribution in [3.05, 3.63) is 24.3 Å². The Kier molecular flexibility index (Phi) is 4.50. The molecule has 88 valence electrons. The molecule has 0 saturated carbocycles. The van der Waals surface area contributed by atoms with Crippen LogP contribution in [0.2, 0.25) is 0 Å². The van der Waals surface area contributed by atoms with Crippen LogP contribution in [0.5, 0.6) is 5.75 Å². The molecule has 0 radical (unpaired) electrons. The minimum Gasteiger partial charge on any atom is -0.497 e. The predicted molar refractivity (Wildman–Crippen MR) is 59.1 cm³/mol. The zero-order valence-corrected chi connectivity index (χ0v) is 8.78. The number of nitrogens with one attached hydrogen (secondary N) is 1. The van der Waals surface area contributed by atoms with Gasteiger partial charge in [0, 0.05) is 5.69 Å². The Balaban J connectivity index is 2.55. The largest absolute Gasteiger partial charge is 0.497 e. The van der Waals surface area contributed by atoms with Crippen molar-refractivity contribution in [1.29, 1.82) is 0 Å². The summed E-state index contributed by atoms with van der Waals surface area (Å²) in [6.45, 7) is -0.602.